The van der Waals surface area contributed by atoms with E-state index >= 15 is 0 Å². The van der Waals surface area contributed by atoms with Gasteiger partial charge >= 0.3 is 6.18 Å². The lowest BCUT2D eigenvalue weighted by molar-refractivity contribution is -0.137. The normalized spacial score (nSPS) is 13.3. The SMILES string of the molecule is CCN(Cc1ccccc1)[C@@H](C)Cc1cccc(C(F)(F)F)c1. The zero-order chi connectivity index (χ0) is 16.9. The van der Waals surface area contributed by atoms with Crippen molar-refractivity contribution in [2.45, 2.75) is 39.0 Å². The number of likely N-dealkylation sites (N-methyl/N-ethyl adjacent to an activating group) is 1. The third-order valence-electron chi connectivity index (χ3n) is 4.04. The minimum Gasteiger partial charge on any atom is -0.296 e. The quantitative estimate of drug-likeness (QED) is 0.710. The van der Waals surface area contributed by atoms with Gasteiger partial charge in [-0.1, -0.05) is 55.5 Å². The molecule has 2 rings (SSSR count). The van der Waals surface area contributed by atoms with E-state index in [9.17, 15) is 13.2 Å². The molecule has 124 valence electrons. The zero-order valence-electron chi connectivity index (χ0n) is 13.5. The molecule has 0 spiro atoms. The van der Waals surface area contributed by atoms with Crippen LogP contribution in [0.15, 0.2) is 54.6 Å². The maximum absolute atomic E-state index is 12.8. The molecular weight excluding hydrogens is 299 g/mol. The lowest BCUT2D eigenvalue weighted by atomic mass is 10.0. The van der Waals surface area contributed by atoms with Crippen LogP contribution in [0.25, 0.3) is 0 Å². The Morgan fingerprint density at radius 3 is 2.22 bits per heavy atom. The van der Waals surface area contributed by atoms with E-state index in [4.69, 9.17) is 0 Å². The van der Waals surface area contributed by atoms with Gasteiger partial charge in [-0.25, -0.2) is 0 Å². The van der Waals surface area contributed by atoms with Crippen LogP contribution in [-0.4, -0.2) is 17.5 Å². The highest BCUT2D eigenvalue weighted by Crippen LogP contribution is 2.30. The third kappa shape index (κ3) is 5.10. The van der Waals surface area contributed by atoms with Crippen molar-refractivity contribution >= 4 is 0 Å². The van der Waals surface area contributed by atoms with Crippen molar-refractivity contribution in [3.05, 3.63) is 71.3 Å². The Bertz CT molecular complexity index is 608. The molecule has 0 unspecified atom stereocenters. The molecule has 0 aromatic heterocycles. The number of benzene rings is 2. The highest BCUT2D eigenvalue weighted by Gasteiger charge is 2.30. The fourth-order valence-electron chi connectivity index (χ4n) is 2.74. The number of alkyl halides is 3. The van der Waals surface area contributed by atoms with Gasteiger partial charge in [-0.3, -0.25) is 4.90 Å². The fraction of sp³-hybridized carbons (Fsp3) is 0.368. The van der Waals surface area contributed by atoms with Crippen LogP contribution in [0.3, 0.4) is 0 Å². The molecule has 0 amide bonds. The molecule has 0 fully saturated rings. The smallest absolute Gasteiger partial charge is 0.296 e. The molecule has 0 aliphatic heterocycles. The second kappa shape index (κ2) is 7.64. The van der Waals surface area contributed by atoms with Crippen LogP contribution < -0.4 is 0 Å². The summed E-state index contributed by atoms with van der Waals surface area (Å²) in [6, 6.07) is 15.9. The van der Waals surface area contributed by atoms with E-state index < -0.39 is 11.7 Å². The van der Waals surface area contributed by atoms with Crippen molar-refractivity contribution in [1.29, 1.82) is 0 Å². The standard InChI is InChI=1S/C19H22F3N/c1-3-23(14-16-8-5-4-6-9-16)15(2)12-17-10-7-11-18(13-17)19(20,21)22/h4-11,13,15H,3,12,14H2,1-2H3/t15-/m0/s1. The predicted octanol–water partition coefficient (Wildman–Crippen LogP) is 5.16. The van der Waals surface area contributed by atoms with E-state index in [1.54, 1.807) is 6.07 Å². The summed E-state index contributed by atoms with van der Waals surface area (Å²) < 4.78 is 38.4. The first-order valence-corrected chi connectivity index (χ1v) is 7.84. The molecule has 0 bridgehead atoms. The molecule has 0 aliphatic rings. The Morgan fingerprint density at radius 2 is 1.61 bits per heavy atom. The Hall–Kier alpha value is -1.81. The number of hydrogen-bond donors (Lipinski definition) is 0. The number of rotatable bonds is 6. The minimum atomic E-state index is -4.28. The van der Waals surface area contributed by atoms with Crippen LogP contribution >= 0.6 is 0 Å². The molecule has 0 saturated carbocycles. The largest absolute Gasteiger partial charge is 0.416 e. The fourth-order valence-corrected chi connectivity index (χ4v) is 2.74. The molecule has 0 saturated heterocycles. The second-order valence-electron chi connectivity index (χ2n) is 5.80. The summed E-state index contributed by atoms with van der Waals surface area (Å²) >= 11 is 0. The average Bonchev–Trinajstić information content (AvgIpc) is 2.53. The van der Waals surface area contributed by atoms with Crippen LogP contribution in [0.2, 0.25) is 0 Å². The molecule has 23 heavy (non-hydrogen) atoms. The zero-order valence-corrected chi connectivity index (χ0v) is 13.5. The first-order chi connectivity index (χ1) is 10.9. The number of halogens is 3. The van der Waals surface area contributed by atoms with Crippen LogP contribution in [0.5, 0.6) is 0 Å². The van der Waals surface area contributed by atoms with Crippen molar-refractivity contribution in [2.75, 3.05) is 6.54 Å². The highest BCUT2D eigenvalue weighted by atomic mass is 19.4. The maximum atomic E-state index is 12.8. The molecule has 0 aliphatic carbocycles. The number of hydrogen-bond acceptors (Lipinski definition) is 1. The summed E-state index contributed by atoms with van der Waals surface area (Å²) in [6.45, 7) is 5.80. The topological polar surface area (TPSA) is 3.24 Å². The van der Waals surface area contributed by atoms with E-state index in [1.807, 2.05) is 18.2 Å². The van der Waals surface area contributed by atoms with Gasteiger partial charge in [0.2, 0.25) is 0 Å². The molecule has 2 aromatic carbocycles. The maximum Gasteiger partial charge on any atom is 0.416 e. The van der Waals surface area contributed by atoms with Crippen LogP contribution in [0.1, 0.15) is 30.5 Å². The summed E-state index contributed by atoms with van der Waals surface area (Å²) in [5.41, 5.74) is 1.36. The first-order valence-electron chi connectivity index (χ1n) is 7.84. The average molecular weight is 321 g/mol. The summed E-state index contributed by atoms with van der Waals surface area (Å²) in [4.78, 5) is 2.27. The molecular formula is C19H22F3N. The molecule has 1 nitrogen and oxygen atoms in total. The van der Waals surface area contributed by atoms with E-state index in [-0.39, 0.29) is 6.04 Å². The van der Waals surface area contributed by atoms with Gasteiger partial charge in [0, 0.05) is 12.6 Å². The van der Waals surface area contributed by atoms with E-state index in [0.29, 0.717) is 6.42 Å². The summed E-state index contributed by atoms with van der Waals surface area (Å²) in [6.07, 6.45) is -3.68. The van der Waals surface area contributed by atoms with Crippen molar-refractivity contribution in [3.8, 4) is 0 Å². The Morgan fingerprint density at radius 1 is 0.957 bits per heavy atom. The molecule has 1 atom stereocenters. The van der Waals surface area contributed by atoms with Gasteiger partial charge in [-0.15, -0.1) is 0 Å². The van der Waals surface area contributed by atoms with Crippen molar-refractivity contribution in [1.82, 2.24) is 4.90 Å². The lowest BCUT2D eigenvalue weighted by Gasteiger charge is -2.28. The summed E-state index contributed by atoms with van der Waals surface area (Å²) in [5.74, 6) is 0. The number of nitrogens with zero attached hydrogens (tertiary/aromatic N) is 1. The monoisotopic (exact) mass is 321 g/mol. The van der Waals surface area contributed by atoms with Gasteiger partial charge < -0.3 is 0 Å². The van der Waals surface area contributed by atoms with E-state index in [2.05, 4.69) is 30.9 Å². The summed E-state index contributed by atoms with van der Waals surface area (Å²) in [5, 5.41) is 0. The molecule has 4 heteroatoms. The Kier molecular flexibility index (Phi) is 5.83. The Balaban J connectivity index is 2.06. The molecule has 2 aromatic rings. The minimum absolute atomic E-state index is 0.170. The van der Waals surface area contributed by atoms with Gasteiger partial charge in [-0.2, -0.15) is 13.2 Å². The van der Waals surface area contributed by atoms with Crippen LogP contribution in [0, 0.1) is 0 Å². The van der Waals surface area contributed by atoms with Gasteiger partial charge in [0.1, 0.15) is 0 Å². The summed E-state index contributed by atoms with van der Waals surface area (Å²) in [7, 11) is 0. The highest BCUT2D eigenvalue weighted by molar-refractivity contribution is 5.26. The van der Waals surface area contributed by atoms with Crippen LogP contribution in [0.4, 0.5) is 13.2 Å². The van der Waals surface area contributed by atoms with Gasteiger partial charge in [0.15, 0.2) is 0 Å². The first kappa shape index (κ1) is 17.5. The Labute approximate surface area is 135 Å². The predicted molar refractivity (Wildman–Crippen MR) is 87.1 cm³/mol. The van der Waals surface area contributed by atoms with Crippen molar-refractivity contribution in [3.63, 3.8) is 0 Å². The molecule has 0 N–H and O–H groups in total. The molecule has 0 radical (unpaired) electrons. The molecule has 0 heterocycles. The van der Waals surface area contributed by atoms with Gasteiger partial charge in [0.25, 0.3) is 0 Å². The van der Waals surface area contributed by atoms with Crippen LogP contribution in [-0.2, 0) is 19.1 Å². The van der Waals surface area contributed by atoms with Crippen molar-refractivity contribution < 1.29 is 13.2 Å². The van der Waals surface area contributed by atoms with Gasteiger partial charge in [-0.05, 0) is 37.1 Å². The lowest BCUT2D eigenvalue weighted by Crippen LogP contribution is -2.34. The van der Waals surface area contributed by atoms with E-state index in [0.717, 1.165) is 24.7 Å². The van der Waals surface area contributed by atoms with E-state index in [1.165, 1.54) is 17.7 Å². The van der Waals surface area contributed by atoms with Crippen molar-refractivity contribution in [2.24, 2.45) is 0 Å². The second-order valence-corrected chi connectivity index (χ2v) is 5.80. The van der Waals surface area contributed by atoms with Gasteiger partial charge in [0.05, 0.1) is 5.56 Å². The third-order valence-corrected chi connectivity index (χ3v) is 4.04.